The van der Waals surface area contributed by atoms with Crippen LogP contribution >= 0.6 is 0 Å². The second kappa shape index (κ2) is 11.6. The Kier molecular flexibility index (Phi) is 8.81. The number of carbonyl (C=O) groups excluding carboxylic acids is 3. The van der Waals surface area contributed by atoms with Gasteiger partial charge in [-0.3, -0.25) is 4.79 Å². The third-order valence-corrected chi connectivity index (χ3v) is 4.37. The standard InChI is InChI=1S/C24H27NO5/c1-4-29-23(27)22(24(28)30-5-2)25(18(3)26)21(20-14-10-7-11-15-20)17-16-19-12-8-6-9-13-19/h6-17,21-22H,4-5H2,1-3H3/b17-16+. The number of hydrogen-bond acceptors (Lipinski definition) is 5. The van der Waals surface area contributed by atoms with Crippen molar-refractivity contribution in [2.24, 2.45) is 0 Å². The molecule has 30 heavy (non-hydrogen) atoms. The lowest BCUT2D eigenvalue weighted by Gasteiger charge is -2.33. The molecule has 0 N–H and O–H groups in total. The molecular weight excluding hydrogens is 382 g/mol. The van der Waals surface area contributed by atoms with Crippen LogP contribution in [0.5, 0.6) is 0 Å². The van der Waals surface area contributed by atoms with E-state index in [1.165, 1.54) is 11.8 Å². The van der Waals surface area contributed by atoms with E-state index in [-0.39, 0.29) is 13.2 Å². The van der Waals surface area contributed by atoms with E-state index in [2.05, 4.69) is 0 Å². The smallest absolute Gasteiger partial charge is 0.340 e. The second-order valence-corrected chi connectivity index (χ2v) is 6.46. The van der Waals surface area contributed by atoms with Crippen molar-refractivity contribution in [1.82, 2.24) is 4.90 Å². The molecule has 2 aromatic rings. The molecule has 6 nitrogen and oxygen atoms in total. The first-order valence-corrected chi connectivity index (χ1v) is 9.89. The predicted octanol–water partition coefficient (Wildman–Crippen LogP) is 3.78. The molecule has 0 aliphatic heterocycles. The number of amides is 1. The molecule has 1 unspecified atom stereocenters. The van der Waals surface area contributed by atoms with E-state index in [1.54, 1.807) is 19.9 Å². The number of rotatable bonds is 9. The van der Waals surface area contributed by atoms with E-state index in [0.717, 1.165) is 11.1 Å². The molecule has 0 aliphatic rings. The summed E-state index contributed by atoms with van der Waals surface area (Å²) in [5.41, 5.74) is 1.67. The van der Waals surface area contributed by atoms with Crippen LogP contribution in [0.25, 0.3) is 6.08 Å². The predicted molar refractivity (Wildman–Crippen MR) is 114 cm³/mol. The number of carbonyl (C=O) groups is 3. The van der Waals surface area contributed by atoms with Gasteiger partial charge in [-0.2, -0.15) is 0 Å². The summed E-state index contributed by atoms with van der Waals surface area (Å²) in [4.78, 5) is 39.3. The molecular formula is C24H27NO5. The molecule has 0 aliphatic carbocycles. The Morgan fingerprint density at radius 3 is 1.83 bits per heavy atom. The fraction of sp³-hybridized carbons (Fsp3) is 0.292. The summed E-state index contributed by atoms with van der Waals surface area (Å²) in [6.45, 7) is 4.76. The Balaban J connectivity index is 2.55. The van der Waals surface area contributed by atoms with Gasteiger partial charge in [-0.1, -0.05) is 72.8 Å². The van der Waals surface area contributed by atoms with Gasteiger partial charge in [0.1, 0.15) is 0 Å². The van der Waals surface area contributed by atoms with Crippen LogP contribution in [0.1, 0.15) is 37.9 Å². The van der Waals surface area contributed by atoms with Gasteiger partial charge in [0.15, 0.2) is 0 Å². The summed E-state index contributed by atoms with van der Waals surface area (Å²) in [6, 6.07) is 16.6. The molecule has 0 bridgehead atoms. The van der Waals surface area contributed by atoms with Crippen LogP contribution in [0.3, 0.4) is 0 Å². The van der Waals surface area contributed by atoms with Crippen molar-refractivity contribution in [2.45, 2.75) is 32.9 Å². The molecule has 6 heteroatoms. The van der Waals surface area contributed by atoms with Crippen molar-refractivity contribution in [1.29, 1.82) is 0 Å². The maximum atomic E-state index is 12.7. The van der Waals surface area contributed by atoms with Gasteiger partial charge in [0, 0.05) is 6.92 Å². The lowest BCUT2D eigenvalue weighted by molar-refractivity contribution is -0.168. The maximum absolute atomic E-state index is 12.7. The third kappa shape index (κ3) is 6.04. The van der Waals surface area contributed by atoms with Crippen molar-refractivity contribution in [3.63, 3.8) is 0 Å². The molecule has 0 radical (unpaired) electrons. The fourth-order valence-electron chi connectivity index (χ4n) is 3.09. The van der Waals surface area contributed by atoms with Crippen LogP contribution in [0, 0.1) is 0 Å². The van der Waals surface area contributed by atoms with Crippen molar-refractivity contribution in [3.05, 3.63) is 77.9 Å². The van der Waals surface area contributed by atoms with Crippen molar-refractivity contribution < 1.29 is 23.9 Å². The third-order valence-electron chi connectivity index (χ3n) is 4.37. The second-order valence-electron chi connectivity index (χ2n) is 6.46. The van der Waals surface area contributed by atoms with Gasteiger partial charge in [0.25, 0.3) is 0 Å². The average Bonchev–Trinajstić information content (AvgIpc) is 2.74. The topological polar surface area (TPSA) is 72.9 Å². The summed E-state index contributed by atoms with van der Waals surface area (Å²) in [7, 11) is 0. The van der Waals surface area contributed by atoms with Gasteiger partial charge in [-0.25, -0.2) is 9.59 Å². The molecule has 0 fully saturated rings. The van der Waals surface area contributed by atoms with Crippen LogP contribution in [-0.4, -0.2) is 42.0 Å². The van der Waals surface area contributed by atoms with Crippen molar-refractivity contribution in [3.8, 4) is 0 Å². The normalized spacial score (nSPS) is 11.9. The average molecular weight is 409 g/mol. The highest BCUT2D eigenvalue weighted by Gasteiger charge is 2.40. The van der Waals surface area contributed by atoms with E-state index in [9.17, 15) is 14.4 Å². The molecule has 1 amide bonds. The largest absolute Gasteiger partial charge is 0.464 e. The first-order chi connectivity index (χ1) is 14.5. The van der Waals surface area contributed by atoms with Gasteiger partial charge in [-0.05, 0) is 25.0 Å². The molecule has 0 saturated heterocycles. The Morgan fingerprint density at radius 1 is 0.867 bits per heavy atom. The summed E-state index contributed by atoms with van der Waals surface area (Å²) in [5, 5.41) is 0. The Hall–Kier alpha value is -3.41. The lowest BCUT2D eigenvalue weighted by atomic mass is 10.0. The quantitative estimate of drug-likeness (QED) is 0.465. The SMILES string of the molecule is CCOC(=O)C(C(=O)OCC)N(C(C)=O)C(/C=C/c1ccccc1)c1ccccc1. The summed E-state index contributed by atoms with van der Waals surface area (Å²) in [5.74, 6) is -2.09. The fourth-order valence-corrected chi connectivity index (χ4v) is 3.09. The van der Waals surface area contributed by atoms with Gasteiger partial charge < -0.3 is 14.4 Å². The minimum Gasteiger partial charge on any atom is -0.464 e. The summed E-state index contributed by atoms with van der Waals surface area (Å²) >= 11 is 0. The first-order valence-electron chi connectivity index (χ1n) is 9.89. The van der Waals surface area contributed by atoms with Crippen LogP contribution in [-0.2, 0) is 23.9 Å². The molecule has 0 aromatic heterocycles. The summed E-state index contributed by atoms with van der Waals surface area (Å²) in [6.07, 6.45) is 3.64. The molecule has 0 spiro atoms. The van der Waals surface area contributed by atoms with E-state index >= 15 is 0 Å². The van der Waals surface area contributed by atoms with Gasteiger partial charge in [0.2, 0.25) is 11.9 Å². The van der Waals surface area contributed by atoms with E-state index in [4.69, 9.17) is 9.47 Å². The Morgan fingerprint density at radius 2 is 1.37 bits per heavy atom. The zero-order valence-corrected chi connectivity index (χ0v) is 17.5. The zero-order chi connectivity index (χ0) is 21.9. The Bertz CT molecular complexity index is 846. The van der Waals surface area contributed by atoms with Crippen LogP contribution in [0.4, 0.5) is 0 Å². The lowest BCUT2D eigenvalue weighted by Crippen LogP contribution is -2.51. The first kappa shape index (κ1) is 22.9. The van der Waals surface area contributed by atoms with E-state index < -0.39 is 29.9 Å². The monoisotopic (exact) mass is 409 g/mol. The zero-order valence-electron chi connectivity index (χ0n) is 17.5. The molecule has 1 atom stereocenters. The molecule has 0 heterocycles. The van der Waals surface area contributed by atoms with Gasteiger partial charge >= 0.3 is 11.9 Å². The van der Waals surface area contributed by atoms with Crippen LogP contribution < -0.4 is 0 Å². The van der Waals surface area contributed by atoms with Crippen molar-refractivity contribution >= 4 is 23.9 Å². The molecule has 2 rings (SSSR count). The van der Waals surface area contributed by atoms with E-state index in [1.807, 2.05) is 66.7 Å². The summed E-state index contributed by atoms with van der Waals surface area (Å²) < 4.78 is 10.2. The highest BCUT2D eigenvalue weighted by Crippen LogP contribution is 2.27. The number of benzene rings is 2. The van der Waals surface area contributed by atoms with Crippen LogP contribution in [0.2, 0.25) is 0 Å². The molecule has 0 saturated carbocycles. The van der Waals surface area contributed by atoms with Crippen molar-refractivity contribution in [2.75, 3.05) is 13.2 Å². The minimum absolute atomic E-state index is 0.0797. The van der Waals surface area contributed by atoms with E-state index in [0.29, 0.717) is 0 Å². The van der Waals surface area contributed by atoms with Gasteiger partial charge in [-0.15, -0.1) is 0 Å². The Labute approximate surface area is 177 Å². The number of nitrogens with zero attached hydrogens (tertiary/aromatic N) is 1. The van der Waals surface area contributed by atoms with Gasteiger partial charge in [0.05, 0.1) is 19.3 Å². The highest BCUT2D eigenvalue weighted by atomic mass is 16.6. The highest BCUT2D eigenvalue weighted by molar-refractivity contribution is 6.02. The number of esters is 2. The van der Waals surface area contributed by atoms with Crippen LogP contribution in [0.15, 0.2) is 66.7 Å². The number of hydrogen-bond donors (Lipinski definition) is 0. The molecule has 2 aromatic carbocycles. The minimum atomic E-state index is -1.51. The maximum Gasteiger partial charge on any atom is 0.340 e. The molecule has 158 valence electrons. The number of ether oxygens (including phenoxy) is 2.